The van der Waals surface area contributed by atoms with Crippen LogP contribution in [0.1, 0.15) is 17.1 Å². The van der Waals surface area contributed by atoms with Gasteiger partial charge in [-0.3, -0.25) is 4.68 Å². The first-order valence-corrected chi connectivity index (χ1v) is 10.4. The van der Waals surface area contributed by atoms with Crippen LogP contribution in [-0.2, 0) is 20.2 Å². The number of ether oxygens (including phenoxy) is 1. The summed E-state index contributed by atoms with van der Waals surface area (Å²) in [6, 6.07) is 11.2. The Hall–Kier alpha value is -4.12. The molecule has 0 aliphatic rings. The minimum atomic E-state index is 0.225. The molecule has 0 unspecified atom stereocenters. The second-order valence-corrected chi connectivity index (χ2v) is 7.66. The highest BCUT2D eigenvalue weighted by molar-refractivity contribution is 6.30. The number of benzene rings is 1. The molecular formula is C21H18ClN9O2. The Labute approximate surface area is 193 Å². The quantitative estimate of drug-likeness (QED) is 0.358. The monoisotopic (exact) mass is 463 g/mol. The molecule has 0 bridgehead atoms. The van der Waals surface area contributed by atoms with Gasteiger partial charge in [0.05, 0.1) is 29.0 Å². The van der Waals surface area contributed by atoms with Crippen molar-refractivity contribution in [2.75, 3.05) is 0 Å². The Morgan fingerprint density at radius 1 is 1.09 bits per heavy atom. The lowest BCUT2D eigenvalue weighted by molar-refractivity contribution is 0.283. The van der Waals surface area contributed by atoms with Crippen LogP contribution in [0, 0.1) is 6.92 Å². The van der Waals surface area contributed by atoms with E-state index in [0.717, 1.165) is 16.8 Å². The summed E-state index contributed by atoms with van der Waals surface area (Å²) in [7, 11) is 1.82. The Morgan fingerprint density at radius 2 is 1.94 bits per heavy atom. The summed E-state index contributed by atoms with van der Waals surface area (Å²) in [5.41, 5.74) is 3.31. The Balaban J connectivity index is 1.32. The van der Waals surface area contributed by atoms with E-state index in [-0.39, 0.29) is 6.61 Å². The molecule has 0 N–H and O–H groups in total. The number of halogens is 1. The van der Waals surface area contributed by atoms with Crippen molar-refractivity contribution in [2.45, 2.75) is 20.1 Å². The van der Waals surface area contributed by atoms with Crippen molar-refractivity contribution in [2.24, 2.45) is 7.05 Å². The fraction of sp³-hybridized carbons (Fsp3) is 0.190. The minimum absolute atomic E-state index is 0.225. The van der Waals surface area contributed by atoms with Crippen molar-refractivity contribution in [3.8, 4) is 28.7 Å². The zero-order valence-electron chi connectivity index (χ0n) is 17.8. The Kier molecular flexibility index (Phi) is 5.53. The third kappa shape index (κ3) is 4.58. The molecule has 0 spiro atoms. The first kappa shape index (κ1) is 20.8. The van der Waals surface area contributed by atoms with Gasteiger partial charge in [-0.1, -0.05) is 41.0 Å². The van der Waals surface area contributed by atoms with Crippen molar-refractivity contribution in [3.63, 3.8) is 0 Å². The number of aryl methyl sites for hydroxylation is 2. The second-order valence-electron chi connectivity index (χ2n) is 7.22. The molecule has 0 saturated heterocycles. The van der Waals surface area contributed by atoms with Gasteiger partial charge in [0, 0.05) is 24.9 Å². The van der Waals surface area contributed by atoms with Gasteiger partial charge in [-0.15, -0.1) is 10.2 Å². The maximum Gasteiger partial charge on any atom is 0.261 e. The molecule has 0 atom stereocenters. The Morgan fingerprint density at radius 3 is 2.67 bits per heavy atom. The van der Waals surface area contributed by atoms with E-state index in [9.17, 15) is 0 Å². The third-order valence-electron chi connectivity index (χ3n) is 4.86. The highest BCUT2D eigenvalue weighted by Crippen LogP contribution is 2.26. The van der Waals surface area contributed by atoms with Crippen LogP contribution >= 0.6 is 11.6 Å². The number of hydrogen-bond donors (Lipinski definition) is 0. The van der Waals surface area contributed by atoms with Crippen molar-refractivity contribution in [1.82, 2.24) is 45.1 Å². The van der Waals surface area contributed by atoms with Crippen molar-refractivity contribution < 1.29 is 9.26 Å². The van der Waals surface area contributed by atoms with Gasteiger partial charge in [-0.25, -0.2) is 4.98 Å². The molecule has 0 saturated carbocycles. The summed E-state index contributed by atoms with van der Waals surface area (Å²) in [6.45, 7) is 2.55. The SMILES string of the molecule is Cc1nnn(Cc2ccc(-c3noc(-c4cnn(C)c4COc4ccc(Cl)cn4)n3)cc2)n1. The number of pyridine rings is 1. The van der Waals surface area contributed by atoms with Gasteiger partial charge in [-0.05, 0) is 23.8 Å². The summed E-state index contributed by atoms with van der Waals surface area (Å²) >= 11 is 5.87. The largest absolute Gasteiger partial charge is 0.471 e. The summed E-state index contributed by atoms with van der Waals surface area (Å²) < 4.78 is 13.0. The van der Waals surface area contributed by atoms with E-state index in [0.29, 0.717) is 40.6 Å². The van der Waals surface area contributed by atoms with Gasteiger partial charge in [-0.2, -0.15) is 14.9 Å². The second kappa shape index (κ2) is 8.79. The average molecular weight is 464 g/mol. The molecular weight excluding hydrogens is 446 g/mol. The van der Waals surface area contributed by atoms with Gasteiger partial charge in [0.25, 0.3) is 5.89 Å². The summed E-state index contributed by atoms with van der Waals surface area (Å²) in [4.78, 5) is 10.2. The molecule has 0 aliphatic heterocycles. The van der Waals surface area contributed by atoms with E-state index >= 15 is 0 Å². The molecule has 0 radical (unpaired) electrons. The molecule has 4 heterocycles. The predicted octanol–water partition coefficient (Wildman–Crippen LogP) is 3.11. The van der Waals surface area contributed by atoms with Gasteiger partial charge < -0.3 is 9.26 Å². The van der Waals surface area contributed by atoms with Crippen LogP contribution in [0.25, 0.3) is 22.8 Å². The maximum absolute atomic E-state index is 5.87. The van der Waals surface area contributed by atoms with Crippen LogP contribution in [0.15, 0.2) is 53.3 Å². The Bertz CT molecular complexity index is 1370. The summed E-state index contributed by atoms with van der Waals surface area (Å²) in [5, 5.41) is 21.0. The molecule has 5 aromatic rings. The molecule has 1 aromatic carbocycles. The average Bonchev–Trinajstić information content (AvgIpc) is 3.54. The molecule has 4 aromatic heterocycles. The van der Waals surface area contributed by atoms with E-state index in [1.807, 2.05) is 31.3 Å². The topological polar surface area (TPSA) is 122 Å². The highest BCUT2D eigenvalue weighted by Gasteiger charge is 2.18. The van der Waals surface area contributed by atoms with Crippen molar-refractivity contribution >= 4 is 11.6 Å². The number of hydrogen-bond acceptors (Lipinski definition) is 9. The molecule has 12 heteroatoms. The summed E-state index contributed by atoms with van der Waals surface area (Å²) in [5.74, 6) is 1.91. The molecule has 0 amide bonds. The lowest BCUT2D eigenvalue weighted by Crippen LogP contribution is -2.05. The fourth-order valence-corrected chi connectivity index (χ4v) is 3.28. The highest BCUT2D eigenvalue weighted by atomic mass is 35.5. The van der Waals surface area contributed by atoms with Gasteiger partial charge in [0.1, 0.15) is 6.61 Å². The molecule has 33 heavy (non-hydrogen) atoms. The maximum atomic E-state index is 5.87. The van der Waals surface area contributed by atoms with Crippen molar-refractivity contribution in [1.29, 1.82) is 0 Å². The standard InChI is InChI=1S/C21H18ClN9O2/c1-13-26-29-31(27-13)11-14-3-5-15(6-4-14)20-25-21(33-28-20)17-10-24-30(2)18(17)12-32-19-8-7-16(22)9-23-19/h3-10H,11-12H2,1-2H3. The van der Waals surface area contributed by atoms with Gasteiger partial charge >= 0.3 is 0 Å². The number of nitrogens with zero attached hydrogens (tertiary/aromatic N) is 9. The minimum Gasteiger partial charge on any atom is -0.471 e. The van der Waals surface area contributed by atoms with Gasteiger partial charge in [0.2, 0.25) is 11.7 Å². The zero-order valence-corrected chi connectivity index (χ0v) is 18.5. The molecule has 11 nitrogen and oxygen atoms in total. The lowest BCUT2D eigenvalue weighted by atomic mass is 10.1. The van der Waals surface area contributed by atoms with E-state index in [1.54, 1.807) is 34.7 Å². The number of tetrazole rings is 1. The first-order chi connectivity index (χ1) is 16.0. The van der Waals surface area contributed by atoms with Crippen LogP contribution in [0.2, 0.25) is 5.02 Å². The third-order valence-corrected chi connectivity index (χ3v) is 5.09. The van der Waals surface area contributed by atoms with Crippen molar-refractivity contribution in [3.05, 3.63) is 70.9 Å². The smallest absolute Gasteiger partial charge is 0.261 e. The van der Waals surface area contributed by atoms with Crippen LogP contribution in [0.3, 0.4) is 0 Å². The molecule has 166 valence electrons. The first-order valence-electron chi connectivity index (χ1n) is 9.98. The van der Waals surface area contributed by atoms with Crippen LogP contribution in [0.5, 0.6) is 5.88 Å². The predicted molar refractivity (Wildman–Crippen MR) is 117 cm³/mol. The van der Waals surface area contributed by atoms with E-state index in [2.05, 4.69) is 35.6 Å². The number of rotatable bonds is 7. The zero-order chi connectivity index (χ0) is 22.8. The fourth-order valence-electron chi connectivity index (χ4n) is 3.17. The van der Waals surface area contributed by atoms with Gasteiger partial charge in [0.15, 0.2) is 5.82 Å². The number of aromatic nitrogens is 9. The van der Waals surface area contributed by atoms with Crippen LogP contribution < -0.4 is 4.74 Å². The van der Waals surface area contributed by atoms with E-state index in [1.165, 1.54) is 6.20 Å². The van der Waals surface area contributed by atoms with Crippen LogP contribution in [0.4, 0.5) is 0 Å². The molecule has 0 aliphatic carbocycles. The normalized spacial score (nSPS) is 11.1. The summed E-state index contributed by atoms with van der Waals surface area (Å²) in [6.07, 6.45) is 3.20. The van der Waals surface area contributed by atoms with Crippen LogP contribution in [-0.4, -0.2) is 45.1 Å². The lowest BCUT2D eigenvalue weighted by Gasteiger charge is -2.06. The molecule has 0 fully saturated rings. The molecule has 5 rings (SSSR count). The van der Waals surface area contributed by atoms with E-state index in [4.69, 9.17) is 20.9 Å². The van der Waals surface area contributed by atoms with E-state index < -0.39 is 0 Å².